The van der Waals surface area contributed by atoms with Gasteiger partial charge in [-0.25, -0.2) is 15.0 Å². The number of carbonyl (C=O) groups is 1. The Kier molecular flexibility index (Phi) is 4.49. The molecule has 3 aromatic heterocycles. The zero-order valence-electron chi connectivity index (χ0n) is 14.6. The van der Waals surface area contributed by atoms with E-state index in [1.807, 2.05) is 36.4 Å². The van der Waals surface area contributed by atoms with E-state index >= 15 is 0 Å². The molecule has 27 heavy (non-hydrogen) atoms. The van der Waals surface area contributed by atoms with Crippen LogP contribution in [0.15, 0.2) is 60.8 Å². The highest BCUT2D eigenvalue weighted by Gasteiger charge is 2.10. The molecule has 0 radical (unpaired) electrons. The van der Waals surface area contributed by atoms with Crippen LogP contribution >= 0.6 is 0 Å². The molecule has 0 saturated carbocycles. The van der Waals surface area contributed by atoms with Gasteiger partial charge < -0.3 is 15.0 Å². The van der Waals surface area contributed by atoms with Crippen molar-refractivity contribution in [3.8, 4) is 17.1 Å². The van der Waals surface area contributed by atoms with Crippen LogP contribution in [0.3, 0.4) is 0 Å². The van der Waals surface area contributed by atoms with Crippen molar-refractivity contribution in [2.75, 3.05) is 7.11 Å². The number of ether oxygens (including phenoxy) is 1. The Balaban J connectivity index is 1.48. The van der Waals surface area contributed by atoms with E-state index in [1.165, 1.54) is 0 Å². The van der Waals surface area contributed by atoms with Gasteiger partial charge in [0.25, 0.3) is 5.91 Å². The molecule has 0 bridgehead atoms. The summed E-state index contributed by atoms with van der Waals surface area (Å²) in [6.45, 7) is 0.295. The number of imidazole rings is 1. The van der Waals surface area contributed by atoms with Gasteiger partial charge in [0.05, 0.1) is 30.4 Å². The maximum Gasteiger partial charge on any atom is 0.270 e. The van der Waals surface area contributed by atoms with Crippen molar-refractivity contribution in [3.05, 3.63) is 72.3 Å². The number of aromatic amines is 1. The lowest BCUT2D eigenvalue weighted by atomic mass is 10.2. The second-order valence-corrected chi connectivity index (χ2v) is 5.88. The van der Waals surface area contributed by atoms with E-state index in [0.29, 0.717) is 29.6 Å². The summed E-state index contributed by atoms with van der Waals surface area (Å²) in [6.07, 6.45) is 1.66. The topological polar surface area (TPSA) is 92.8 Å². The van der Waals surface area contributed by atoms with Crippen molar-refractivity contribution < 1.29 is 9.53 Å². The lowest BCUT2D eigenvalue weighted by molar-refractivity contribution is 0.0945. The van der Waals surface area contributed by atoms with Gasteiger partial charge >= 0.3 is 0 Å². The highest BCUT2D eigenvalue weighted by atomic mass is 16.5. The molecule has 3 heterocycles. The molecular weight excluding hydrogens is 342 g/mol. The number of nitrogens with one attached hydrogen (secondary N) is 2. The van der Waals surface area contributed by atoms with Crippen LogP contribution in [0.1, 0.15) is 16.3 Å². The van der Waals surface area contributed by atoms with Crippen molar-refractivity contribution >= 4 is 16.9 Å². The number of carbonyl (C=O) groups excluding carboxylic acids is 1. The van der Waals surface area contributed by atoms with Crippen molar-refractivity contribution in [2.45, 2.75) is 6.54 Å². The molecule has 7 heteroatoms. The summed E-state index contributed by atoms with van der Waals surface area (Å²) in [6, 6.07) is 16.6. The van der Waals surface area contributed by atoms with Crippen LogP contribution in [0.5, 0.6) is 5.88 Å². The number of hydrogen-bond donors (Lipinski definition) is 2. The lowest BCUT2D eigenvalue weighted by Gasteiger charge is -2.06. The summed E-state index contributed by atoms with van der Waals surface area (Å²) >= 11 is 0. The van der Waals surface area contributed by atoms with Gasteiger partial charge in [-0.2, -0.15) is 0 Å². The van der Waals surface area contributed by atoms with Crippen molar-refractivity contribution in [2.24, 2.45) is 0 Å². The average molecular weight is 359 g/mol. The van der Waals surface area contributed by atoms with Crippen LogP contribution in [0.25, 0.3) is 22.3 Å². The summed E-state index contributed by atoms with van der Waals surface area (Å²) in [5, 5.41) is 2.84. The predicted molar refractivity (Wildman–Crippen MR) is 101 cm³/mol. The van der Waals surface area contributed by atoms with Crippen LogP contribution in [0.4, 0.5) is 0 Å². The van der Waals surface area contributed by atoms with Gasteiger partial charge in [0.1, 0.15) is 11.5 Å². The highest BCUT2D eigenvalue weighted by Crippen LogP contribution is 2.18. The fourth-order valence-electron chi connectivity index (χ4n) is 2.72. The third-order valence-electron chi connectivity index (χ3n) is 4.08. The van der Waals surface area contributed by atoms with Crippen LogP contribution in [-0.4, -0.2) is 33.0 Å². The number of methoxy groups -OCH3 is 1. The number of fused-ring (bicyclic) bond motifs is 1. The van der Waals surface area contributed by atoms with E-state index < -0.39 is 0 Å². The van der Waals surface area contributed by atoms with Crippen LogP contribution < -0.4 is 10.1 Å². The largest absolute Gasteiger partial charge is 0.481 e. The van der Waals surface area contributed by atoms with Crippen LogP contribution in [0.2, 0.25) is 0 Å². The molecule has 134 valence electrons. The first-order valence-electron chi connectivity index (χ1n) is 8.42. The molecule has 1 amide bonds. The molecule has 1 aromatic carbocycles. The standard InChI is InChI=1S/C20H17N5O2/c1-27-19-10-9-13(11-21-19)14-7-4-8-17(23-14)20(26)22-12-18-24-15-5-2-3-6-16(15)25-18/h2-11H,12H2,1H3,(H,22,26)(H,24,25). The summed E-state index contributed by atoms with van der Waals surface area (Å²) in [7, 11) is 1.56. The molecule has 0 unspecified atom stereocenters. The van der Waals surface area contributed by atoms with Gasteiger partial charge in [-0.3, -0.25) is 4.79 Å². The minimum Gasteiger partial charge on any atom is -0.481 e. The average Bonchev–Trinajstić information content (AvgIpc) is 3.15. The molecule has 4 rings (SSSR count). The number of amides is 1. The number of hydrogen-bond acceptors (Lipinski definition) is 5. The molecular formula is C20H17N5O2. The monoisotopic (exact) mass is 359 g/mol. The first-order chi connectivity index (χ1) is 13.2. The summed E-state index contributed by atoms with van der Waals surface area (Å²) in [5.41, 5.74) is 3.62. The van der Waals surface area contributed by atoms with Crippen molar-refractivity contribution in [1.82, 2.24) is 25.3 Å². The minimum absolute atomic E-state index is 0.265. The Hall–Kier alpha value is -3.74. The van der Waals surface area contributed by atoms with Crippen molar-refractivity contribution in [3.63, 3.8) is 0 Å². The maximum absolute atomic E-state index is 12.5. The summed E-state index contributed by atoms with van der Waals surface area (Å²) in [5.74, 6) is 0.956. The molecule has 0 atom stereocenters. The van der Waals surface area contributed by atoms with E-state index in [1.54, 1.807) is 31.5 Å². The minimum atomic E-state index is -0.265. The van der Waals surface area contributed by atoms with Gasteiger partial charge in [-0.05, 0) is 30.3 Å². The Morgan fingerprint density at radius 2 is 1.96 bits per heavy atom. The van der Waals surface area contributed by atoms with Gasteiger partial charge in [0, 0.05) is 17.8 Å². The Bertz CT molecular complexity index is 1060. The van der Waals surface area contributed by atoms with E-state index in [0.717, 1.165) is 16.6 Å². The predicted octanol–water partition coefficient (Wildman–Crippen LogP) is 2.96. The normalized spacial score (nSPS) is 10.7. The second-order valence-electron chi connectivity index (χ2n) is 5.88. The van der Waals surface area contributed by atoms with Gasteiger partial charge in [0.15, 0.2) is 0 Å². The molecule has 7 nitrogen and oxygen atoms in total. The number of nitrogens with zero attached hydrogens (tertiary/aromatic N) is 3. The number of aromatic nitrogens is 4. The molecule has 0 spiro atoms. The lowest BCUT2D eigenvalue weighted by Crippen LogP contribution is -2.24. The fraction of sp³-hybridized carbons (Fsp3) is 0.100. The van der Waals surface area contributed by atoms with E-state index in [2.05, 4.69) is 25.3 Å². The first-order valence-corrected chi connectivity index (χ1v) is 8.42. The second kappa shape index (κ2) is 7.25. The van der Waals surface area contributed by atoms with Crippen LogP contribution in [0, 0.1) is 0 Å². The fourth-order valence-corrected chi connectivity index (χ4v) is 2.72. The molecule has 0 fully saturated rings. The number of rotatable bonds is 5. The zero-order chi connectivity index (χ0) is 18.6. The number of pyridine rings is 2. The molecule has 0 aliphatic carbocycles. The van der Waals surface area contributed by atoms with Crippen molar-refractivity contribution in [1.29, 1.82) is 0 Å². The van der Waals surface area contributed by atoms with Gasteiger partial charge in [-0.1, -0.05) is 18.2 Å². The molecule has 0 aliphatic heterocycles. The Morgan fingerprint density at radius 3 is 2.74 bits per heavy atom. The van der Waals surface area contributed by atoms with E-state index in [-0.39, 0.29) is 5.91 Å². The summed E-state index contributed by atoms with van der Waals surface area (Å²) in [4.78, 5) is 28.7. The maximum atomic E-state index is 12.5. The van der Waals surface area contributed by atoms with Gasteiger partial charge in [0.2, 0.25) is 5.88 Å². The molecule has 2 N–H and O–H groups in total. The Morgan fingerprint density at radius 1 is 1.07 bits per heavy atom. The molecule has 4 aromatic rings. The third kappa shape index (κ3) is 3.62. The van der Waals surface area contributed by atoms with Gasteiger partial charge in [-0.15, -0.1) is 0 Å². The van der Waals surface area contributed by atoms with Crippen LogP contribution in [-0.2, 0) is 6.54 Å². The van der Waals surface area contributed by atoms with E-state index in [4.69, 9.17) is 4.74 Å². The zero-order valence-corrected chi connectivity index (χ0v) is 14.6. The number of benzene rings is 1. The first kappa shape index (κ1) is 16.7. The third-order valence-corrected chi connectivity index (χ3v) is 4.08. The Labute approximate surface area is 155 Å². The van der Waals surface area contributed by atoms with E-state index in [9.17, 15) is 4.79 Å². The number of para-hydroxylation sites is 2. The molecule has 0 saturated heterocycles. The molecule has 0 aliphatic rings. The summed E-state index contributed by atoms with van der Waals surface area (Å²) < 4.78 is 5.06. The SMILES string of the molecule is COc1ccc(-c2cccc(C(=O)NCc3nc4ccccc4[nH]3)n2)cn1. The quantitative estimate of drug-likeness (QED) is 0.571. The number of H-pyrrole nitrogens is 1. The highest BCUT2D eigenvalue weighted by molar-refractivity contribution is 5.92. The smallest absolute Gasteiger partial charge is 0.270 e.